The van der Waals surface area contributed by atoms with Gasteiger partial charge in [0, 0.05) is 6.42 Å². The molecule has 1 atom stereocenters. The van der Waals surface area contributed by atoms with Crippen LogP contribution in [0, 0.1) is 0 Å². The van der Waals surface area contributed by atoms with Gasteiger partial charge in [0.2, 0.25) is 0 Å². The van der Waals surface area contributed by atoms with Crippen molar-refractivity contribution in [1.82, 2.24) is 0 Å². The third kappa shape index (κ3) is 2.29. The molecular weight excluding hydrogens is 232 g/mol. The van der Waals surface area contributed by atoms with Crippen molar-refractivity contribution in [3.8, 4) is 0 Å². The van der Waals surface area contributed by atoms with E-state index < -0.39 is 0 Å². The quantitative estimate of drug-likeness (QED) is 0.795. The number of benzene rings is 2. The zero-order chi connectivity index (χ0) is 13.1. The lowest BCUT2D eigenvalue weighted by Gasteiger charge is -2.23. The Bertz CT molecular complexity index is 587. The molecule has 0 aromatic heterocycles. The predicted octanol–water partition coefficient (Wildman–Crippen LogP) is 4.18. The van der Waals surface area contributed by atoms with Crippen molar-refractivity contribution in [2.24, 2.45) is 5.10 Å². The summed E-state index contributed by atoms with van der Waals surface area (Å²) in [5.41, 5.74) is 3.44. The van der Waals surface area contributed by atoms with Crippen LogP contribution in [0.4, 0.5) is 5.69 Å². The third-order valence-corrected chi connectivity index (χ3v) is 3.37. The van der Waals surface area contributed by atoms with Crippen molar-refractivity contribution < 1.29 is 0 Å². The van der Waals surface area contributed by atoms with Crippen molar-refractivity contribution in [3.63, 3.8) is 0 Å². The Balaban J connectivity index is 1.99. The molecule has 19 heavy (non-hydrogen) atoms. The number of rotatable bonds is 3. The van der Waals surface area contributed by atoms with Crippen LogP contribution in [-0.2, 0) is 0 Å². The topological polar surface area (TPSA) is 15.6 Å². The molecule has 1 unspecified atom stereocenters. The van der Waals surface area contributed by atoms with Crippen LogP contribution in [0.25, 0.3) is 0 Å². The van der Waals surface area contributed by atoms with E-state index in [1.165, 1.54) is 5.56 Å². The average Bonchev–Trinajstić information content (AvgIpc) is 2.93. The fourth-order valence-electron chi connectivity index (χ4n) is 2.41. The van der Waals surface area contributed by atoms with Crippen molar-refractivity contribution in [2.45, 2.75) is 12.5 Å². The highest BCUT2D eigenvalue weighted by atomic mass is 15.5. The number of para-hydroxylation sites is 1. The fourth-order valence-corrected chi connectivity index (χ4v) is 2.41. The average molecular weight is 248 g/mol. The highest BCUT2D eigenvalue weighted by Crippen LogP contribution is 2.34. The Morgan fingerprint density at radius 1 is 1.00 bits per heavy atom. The lowest BCUT2D eigenvalue weighted by Crippen LogP contribution is -2.18. The molecule has 0 saturated carbocycles. The van der Waals surface area contributed by atoms with Gasteiger partial charge in [-0.2, -0.15) is 5.10 Å². The lowest BCUT2D eigenvalue weighted by molar-refractivity contribution is 0.709. The summed E-state index contributed by atoms with van der Waals surface area (Å²) >= 11 is 0. The molecule has 94 valence electrons. The molecule has 2 aromatic carbocycles. The molecule has 1 aliphatic rings. The van der Waals surface area contributed by atoms with Gasteiger partial charge in [-0.05, 0) is 23.8 Å². The van der Waals surface area contributed by atoms with E-state index >= 15 is 0 Å². The summed E-state index contributed by atoms with van der Waals surface area (Å²) in [5.74, 6) is 0. The minimum absolute atomic E-state index is 0.261. The van der Waals surface area contributed by atoms with Gasteiger partial charge in [0.15, 0.2) is 0 Å². The van der Waals surface area contributed by atoms with Gasteiger partial charge in [-0.25, -0.2) is 0 Å². The van der Waals surface area contributed by atoms with Crippen LogP contribution >= 0.6 is 0 Å². The molecular formula is C17H16N2. The van der Waals surface area contributed by atoms with E-state index in [0.717, 1.165) is 17.8 Å². The first-order chi connectivity index (χ1) is 9.38. The first kappa shape index (κ1) is 11.7. The smallest absolute Gasteiger partial charge is 0.0831 e. The maximum atomic E-state index is 4.67. The number of hydrogen-bond donors (Lipinski definition) is 0. The first-order valence-electron chi connectivity index (χ1n) is 6.47. The molecule has 0 spiro atoms. The minimum Gasteiger partial charge on any atom is -0.257 e. The van der Waals surface area contributed by atoms with Crippen molar-refractivity contribution in [3.05, 3.63) is 78.9 Å². The zero-order valence-electron chi connectivity index (χ0n) is 10.7. The standard InChI is InChI=1S/C17H16N2/c1-2-15-13-17(14-9-5-3-6-10-14)19(18-15)16-11-7-4-8-12-16/h2-12,17H,1,13H2. The van der Waals surface area contributed by atoms with Gasteiger partial charge in [0.05, 0.1) is 17.4 Å². The molecule has 2 heteroatoms. The van der Waals surface area contributed by atoms with E-state index in [9.17, 15) is 0 Å². The van der Waals surface area contributed by atoms with Gasteiger partial charge in [-0.3, -0.25) is 5.01 Å². The minimum atomic E-state index is 0.261. The Hall–Kier alpha value is -2.35. The monoisotopic (exact) mass is 248 g/mol. The molecule has 2 aromatic rings. The normalized spacial score (nSPS) is 18.2. The molecule has 3 rings (SSSR count). The van der Waals surface area contributed by atoms with Crippen molar-refractivity contribution >= 4 is 11.4 Å². The number of nitrogens with zero attached hydrogens (tertiary/aromatic N) is 2. The number of anilines is 1. The van der Waals surface area contributed by atoms with Crippen LogP contribution < -0.4 is 5.01 Å². The number of hydrazone groups is 1. The van der Waals surface area contributed by atoms with Gasteiger partial charge in [-0.1, -0.05) is 55.1 Å². The van der Waals surface area contributed by atoms with Gasteiger partial charge in [0.25, 0.3) is 0 Å². The van der Waals surface area contributed by atoms with E-state index in [1.807, 2.05) is 30.3 Å². The molecule has 2 nitrogen and oxygen atoms in total. The van der Waals surface area contributed by atoms with Gasteiger partial charge in [0.1, 0.15) is 0 Å². The van der Waals surface area contributed by atoms with E-state index in [1.54, 1.807) is 0 Å². The summed E-state index contributed by atoms with van der Waals surface area (Å²) in [6.07, 6.45) is 2.75. The molecule has 0 radical (unpaired) electrons. The van der Waals surface area contributed by atoms with Gasteiger partial charge in [-0.15, -0.1) is 0 Å². The van der Waals surface area contributed by atoms with Crippen molar-refractivity contribution in [2.75, 3.05) is 5.01 Å². The zero-order valence-corrected chi connectivity index (χ0v) is 10.7. The van der Waals surface area contributed by atoms with Crippen LogP contribution in [-0.4, -0.2) is 5.71 Å². The molecule has 0 aliphatic carbocycles. The number of allylic oxidation sites excluding steroid dienone is 1. The SMILES string of the molecule is C=CC1=NN(c2ccccc2)C(c2ccccc2)C1. The Morgan fingerprint density at radius 2 is 1.63 bits per heavy atom. The molecule has 0 amide bonds. The first-order valence-corrected chi connectivity index (χ1v) is 6.47. The van der Waals surface area contributed by atoms with Crippen LogP contribution in [0.2, 0.25) is 0 Å². The van der Waals surface area contributed by atoms with E-state index in [-0.39, 0.29) is 6.04 Å². The molecule has 1 heterocycles. The second-order valence-electron chi connectivity index (χ2n) is 4.61. The Kier molecular flexibility index (Phi) is 3.15. The maximum absolute atomic E-state index is 4.67. The summed E-state index contributed by atoms with van der Waals surface area (Å²) in [6.45, 7) is 3.84. The number of hydrogen-bond acceptors (Lipinski definition) is 2. The molecule has 0 saturated heterocycles. The molecule has 0 bridgehead atoms. The summed E-state index contributed by atoms with van der Waals surface area (Å²) in [4.78, 5) is 0. The molecule has 1 aliphatic heterocycles. The largest absolute Gasteiger partial charge is 0.257 e. The molecule has 0 N–H and O–H groups in total. The lowest BCUT2D eigenvalue weighted by atomic mass is 10.0. The molecule has 0 fully saturated rings. The summed E-state index contributed by atoms with van der Waals surface area (Å²) in [7, 11) is 0. The predicted molar refractivity (Wildman–Crippen MR) is 80.4 cm³/mol. The van der Waals surface area contributed by atoms with E-state index in [2.05, 4.69) is 53.1 Å². The Labute approximate surface area is 113 Å². The summed E-state index contributed by atoms with van der Waals surface area (Å²) < 4.78 is 0. The highest BCUT2D eigenvalue weighted by molar-refractivity contribution is 5.97. The van der Waals surface area contributed by atoms with E-state index in [4.69, 9.17) is 0 Å². The second-order valence-corrected chi connectivity index (χ2v) is 4.61. The Morgan fingerprint density at radius 3 is 2.26 bits per heavy atom. The summed E-state index contributed by atoms with van der Waals surface area (Å²) in [5, 5.41) is 6.76. The second kappa shape index (κ2) is 5.11. The van der Waals surface area contributed by atoms with Gasteiger partial charge < -0.3 is 0 Å². The maximum Gasteiger partial charge on any atom is 0.0831 e. The van der Waals surface area contributed by atoms with Crippen LogP contribution in [0.1, 0.15) is 18.0 Å². The van der Waals surface area contributed by atoms with Crippen LogP contribution in [0.15, 0.2) is 78.4 Å². The fraction of sp³-hybridized carbons (Fsp3) is 0.118. The van der Waals surface area contributed by atoms with Gasteiger partial charge >= 0.3 is 0 Å². The third-order valence-electron chi connectivity index (χ3n) is 3.37. The van der Waals surface area contributed by atoms with Crippen LogP contribution in [0.3, 0.4) is 0 Å². The highest BCUT2D eigenvalue weighted by Gasteiger charge is 2.27. The van der Waals surface area contributed by atoms with Crippen LogP contribution in [0.5, 0.6) is 0 Å². The van der Waals surface area contributed by atoms with E-state index in [0.29, 0.717) is 0 Å². The summed E-state index contributed by atoms with van der Waals surface area (Å²) in [6, 6.07) is 21.0. The van der Waals surface area contributed by atoms with Crippen molar-refractivity contribution in [1.29, 1.82) is 0 Å².